The van der Waals surface area contributed by atoms with Gasteiger partial charge in [0.1, 0.15) is 0 Å². The first-order chi connectivity index (χ1) is 9.97. The van der Waals surface area contributed by atoms with Crippen molar-refractivity contribution in [2.45, 2.75) is 36.0 Å². The summed E-state index contributed by atoms with van der Waals surface area (Å²) in [7, 11) is 0. The van der Waals surface area contributed by atoms with Gasteiger partial charge in [-0.05, 0) is 31.9 Å². The maximum Gasteiger partial charge on any atom is 0.269 e. The molecule has 1 aliphatic heterocycles. The molecule has 1 amide bonds. The Morgan fingerprint density at radius 3 is 2.48 bits per heavy atom. The number of benzene rings is 1. The number of hydrogen-bond acceptors (Lipinski definition) is 5. The largest absolute Gasteiger partial charge is 0.342 e. The summed E-state index contributed by atoms with van der Waals surface area (Å²) in [6.45, 7) is 3.29. The molecule has 0 bridgehead atoms. The van der Waals surface area contributed by atoms with E-state index in [4.69, 9.17) is 5.73 Å². The number of rotatable bonds is 4. The Hall–Kier alpha value is -1.60. The third kappa shape index (κ3) is 4.18. The van der Waals surface area contributed by atoms with Gasteiger partial charge in [0.2, 0.25) is 5.91 Å². The van der Waals surface area contributed by atoms with Crippen molar-refractivity contribution in [2.24, 2.45) is 5.73 Å². The second-order valence-electron chi connectivity index (χ2n) is 5.17. The maximum absolute atomic E-state index is 12.3. The first kappa shape index (κ1) is 15.8. The smallest absolute Gasteiger partial charge is 0.269 e. The molecule has 21 heavy (non-hydrogen) atoms. The third-order valence-electron chi connectivity index (χ3n) is 3.56. The topological polar surface area (TPSA) is 89.5 Å². The highest BCUT2D eigenvalue weighted by molar-refractivity contribution is 8.00. The fourth-order valence-electron chi connectivity index (χ4n) is 2.28. The summed E-state index contributed by atoms with van der Waals surface area (Å²) in [6, 6.07) is 6.47. The molecule has 1 fully saturated rings. The molecule has 1 unspecified atom stereocenters. The van der Waals surface area contributed by atoms with Gasteiger partial charge in [-0.25, -0.2) is 0 Å². The molecule has 0 aromatic heterocycles. The van der Waals surface area contributed by atoms with Gasteiger partial charge in [-0.3, -0.25) is 14.9 Å². The van der Waals surface area contributed by atoms with Gasteiger partial charge in [0.15, 0.2) is 0 Å². The number of amides is 1. The van der Waals surface area contributed by atoms with Crippen LogP contribution in [-0.2, 0) is 4.79 Å². The molecule has 1 atom stereocenters. The van der Waals surface area contributed by atoms with E-state index in [1.54, 1.807) is 12.1 Å². The quantitative estimate of drug-likeness (QED) is 0.522. The molecule has 0 radical (unpaired) electrons. The number of hydrogen-bond donors (Lipinski definition) is 1. The fraction of sp³-hybridized carbons (Fsp3) is 0.500. The molecular weight excluding hydrogens is 290 g/mol. The van der Waals surface area contributed by atoms with E-state index >= 15 is 0 Å². The fourth-order valence-corrected chi connectivity index (χ4v) is 3.23. The van der Waals surface area contributed by atoms with Crippen molar-refractivity contribution < 1.29 is 9.72 Å². The van der Waals surface area contributed by atoms with Crippen LogP contribution in [0.3, 0.4) is 0 Å². The molecule has 2 rings (SSSR count). The van der Waals surface area contributed by atoms with Crippen LogP contribution in [0.15, 0.2) is 29.2 Å². The molecule has 0 aliphatic carbocycles. The zero-order chi connectivity index (χ0) is 15.4. The number of nitro benzene ring substituents is 1. The molecular formula is C14H19N3O3S. The first-order valence-electron chi connectivity index (χ1n) is 6.93. The average molecular weight is 309 g/mol. The predicted octanol–water partition coefficient (Wildman–Crippen LogP) is 2.03. The summed E-state index contributed by atoms with van der Waals surface area (Å²) in [5, 5.41) is 10.4. The van der Waals surface area contributed by atoms with Crippen LogP contribution in [0.25, 0.3) is 0 Å². The predicted molar refractivity (Wildman–Crippen MR) is 82.2 cm³/mol. The number of likely N-dealkylation sites (tertiary alicyclic amines) is 1. The van der Waals surface area contributed by atoms with Crippen LogP contribution < -0.4 is 5.73 Å². The monoisotopic (exact) mass is 309 g/mol. The number of nitrogens with zero attached hydrogens (tertiary/aromatic N) is 2. The van der Waals surface area contributed by atoms with Crippen molar-refractivity contribution in [3.8, 4) is 0 Å². The molecule has 1 aromatic carbocycles. The summed E-state index contributed by atoms with van der Waals surface area (Å²) in [4.78, 5) is 25.2. The molecule has 0 spiro atoms. The lowest BCUT2D eigenvalue weighted by atomic mass is 10.1. The zero-order valence-electron chi connectivity index (χ0n) is 11.9. The van der Waals surface area contributed by atoms with E-state index < -0.39 is 4.92 Å². The molecule has 1 aromatic rings. The average Bonchev–Trinajstić information content (AvgIpc) is 2.47. The van der Waals surface area contributed by atoms with Crippen LogP contribution in [0.5, 0.6) is 0 Å². The highest BCUT2D eigenvalue weighted by atomic mass is 32.2. The number of nitrogens with two attached hydrogens (primary N) is 1. The molecule has 1 aliphatic rings. The van der Waals surface area contributed by atoms with Gasteiger partial charge in [0.25, 0.3) is 5.69 Å². The summed E-state index contributed by atoms with van der Waals surface area (Å²) >= 11 is 1.42. The molecule has 1 heterocycles. The SMILES string of the molecule is CC(Sc1ccc([N+](=O)[O-])cc1)C(=O)N1CCC(N)CC1. The summed E-state index contributed by atoms with van der Waals surface area (Å²) < 4.78 is 0. The number of nitro groups is 1. The molecule has 2 N–H and O–H groups in total. The number of carbonyl (C=O) groups is 1. The van der Waals surface area contributed by atoms with Crippen molar-refractivity contribution in [1.29, 1.82) is 0 Å². The molecule has 0 saturated carbocycles. The van der Waals surface area contributed by atoms with Crippen LogP contribution in [0, 0.1) is 10.1 Å². The molecule has 114 valence electrons. The lowest BCUT2D eigenvalue weighted by Crippen LogP contribution is -2.45. The number of carbonyl (C=O) groups excluding carboxylic acids is 1. The minimum atomic E-state index is -0.431. The van der Waals surface area contributed by atoms with Gasteiger partial charge in [-0.2, -0.15) is 0 Å². The number of piperidine rings is 1. The van der Waals surface area contributed by atoms with E-state index in [2.05, 4.69) is 0 Å². The highest BCUT2D eigenvalue weighted by Crippen LogP contribution is 2.27. The summed E-state index contributed by atoms with van der Waals surface area (Å²) in [5.74, 6) is 0.102. The van der Waals surface area contributed by atoms with Crippen molar-refractivity contribution >= 4 is 23.4 Å². The van der Waals surface area contributed by atoms with E-state index in [0.29, 0.717) is 13.1 Å². The summed E-state index contributed by atoms with van der Waals surface area (Å²) in [5.41, 5.74) is 5.90. The van der Waals surface area contributed by atoms with Crippen molar-refractivity contribution in [3.63, 3.8) is 0 Å². The molecule has 7 heteroatoms. The zero-order valence-corrected chi connectivity index (χ0v) is 12.7. The van der Waals surface area contributed by atoms with Crippen LogP contribution in [-0.4, -0.2) is 40.1 Å². The Bertz CT molecular complexity index is 513. The van der Waals surface area contributed by atoms with E-state index in [1.165, 1.54) is 23.9 Å². The van der Waals surface area contributed by atoms with Crippen molar-refractivity contribution in [1.82, 2.24) is 4.90 Å². The molecule has 6 nitrogen and oxygen atoms in total. The van der Waals surface area contributed by atoms with E-state index in [-0.39, 0.29) is 22.9 Å². The lowest BCUT2D eigenvalue weighted by molar-refractivity contribution is -0.384. The Kier molecular flexibility index (Phi) is 5.19. The maximum atomic E-state index is 12.3. The Balaban J connectivity index is 1.92. The highest BCUT2D eigenvalue weighted by Gasteiger charge is 2.25. The van der Waals surface area contributed by atoms with Crippen LogP contribution in [0.2, 0.25) is 0 Å². The Morgan fingerprint density at radius 1 is 1.38 bits per heavy atom. The van der Waals surface area contributed by atoms with Crippen LogP contribution in [0.1, 0.15) is 19.8 Å². The van der Waals surface area contributed by atoms with Gasteiger partial charge in [0, 0.05) is 36.2 Å². The normalized spacial score (nSPS) is 17.5. The second-order valence-corrected chi connectivity index (χ2v) is 6.59. The Labute approximate surface area is 127 Å². The van der Waals surface area contributed by atoms with Crippen molar-refractivity contribution in [2.75, 3.05) is 13.1 Å². The van der Waals surface area contributed by atoms with Crippen LogP contribution in [0.4, 0.5) is 5.69 Å². The van der Waals surface area contributed by atoms with Gasteiger partial charge in [-0.1, -0.05) is 0 Å². The minimum absolute atomic E-state index is 0.0587. The second kappa shape index (κ2) is 6.91. The number of thioether (sulfide) groups is 1. The molecule has 1 saturated heterocycles. The third-order valence-corrected chi connectivity index (χ3v) is 4.66. The van der Waals surface area contributed by atoms with E-state index in [1.807, 2.05) is 11.8 Å². The van der Waals surface area contributed by atoms with Crippen LogP contribution >= 0.6 is 11.8 Å². The number of non-ortho nitro benzene ring substituents is 1. The van der Waals surface area contributed by atoms with E-state index in [0.717, 1.165) is 17.7 Å². The lowest BCUT2D eigenvalue weighted by Gasteiger charge is -2.31. The Morgan fingerprint density at radius 2 is 1.95 bits per heavy atom. The van der Waals surface area contributed by atoms with Gasteiger partial charge in [0.05, 0.1) is 10.2 Å². The first-order valence-corrected chi connectivity index (χ1v) is 7.81. The van der Waals surface area contributed by atoms with Gasteiger partial charge in [-0.15, -0.1) is 11.8 Å². The standard InChI is InChI=1S/C14H19N3O3S/c1-10(14(18)16-8-6-11(15)7-9-16)21-13-4-2-12(3-5-13)17(19)20/h2-5,10-11H,6-9,15H2,1H3. The summed E-state index contributed by atoms with van der Waals surface area (Å²) in [6.07, 6.45) is 1.70. The van der Waals surface area contributed by atoms with Gasteiger partial charge < -0.3 is 10.6 Å². The van der Waals surface area contributed by atoms with Gasteiger partial charge >= 0.3 is 0 Å². The van der Waals surface area contributed by atoms with Crippen molar-refractivity contribution in [3.05, 3.63) is 34.4 Å². The van der Waals surface area contributed by atoms with E-state index in [9.17, 15) is 14.9 Å². The minimum Gasteiger partial charge on any atom is -0.342 e.